The summed E-state index contributed by atoms with van der Waals surface area (Å²) in [6, 6.07) is 14.8. The number of nitrogens with one attached hydrogen (secondary N) is 2. The summed E-state index contributed by atoms with van der Waals surface area (Å²) in [6.45, 7) is 1.95. The van der Waals surface area contributed by atoms with Gasteiger partial charge in [0.2, 0.25) is 0 Å². The zero-order valence-corrected chi connectivity index (χ0v) is 20.5. The molecule has 0 spiro atoms. The van der Waals surface area contributed by atoms with Crippen LogP contribution in [0.3, 0.4) is 0 Å². The van der Waals surface area contributed by atoms with Gasteiger partial charge in [0.15, 0.2) is 11.6 Å². The van der Waals surface area contributed by atoms with Gasteiger partial charge in [-0.15, -0.1) is 0 Å². The quantitative estimate of drug-likeness (QED) is 0.408. The van der Waals surface area contributed by atoms with Crippen LogP contribution in [0.15, 0.2) is 60.8 Å². The predicted molar refractivity (Wildman–Crippen MR) is 132 cm³/mol. The van der Waals surface area contributed by atoms with E-state index in [0.717, 1.165) is 24.5 Å². The van der Waals surface area contributed by atoms with Crippen LogP contribution < -0.4 is 15.4 Å². The first kappa shape index (κ1) is 26.8. The Labute approximate surface area is 208 Å². The van der Waals surface area contributed by atoms with Crippen LogP contribution in [0.25, 0.3) is 0 Å². The van der Waals surface area contributed by atoms with Crippen LogP contribution >= 0.6 is 0 Å². The first-order valence-corrected chi connectivity index (χ1v) is 12.8. The van der Waals surface area contributed by atoms with Crippen molar-refractivity contribution in [2.75, 3.05) is 11.6 Å². The third-order valence-corrected chi connectivity index (χ3v) is 4.96. The maximum atomic E-state index is 14.5. The van der Waals surface area contributed by atoms with Gasteiger partial charge in [-0.25, -0.2) is 4.39 Å². The number of carbonyl (C=O) groups is 2. The highest BCUT2D eigenvalue weighted by atomic mass is 32.2. The van der Waals surface area contributed by atoms with Crippen molar-refractivity contribution in [2.45, 2.75) is 32.4 Å². The normalized spacial score (nSPS) is 12.7. The van der Waals surface area contributed by atoms with Gasteiger partial charge < -0.3 is 15.4 Å². The number of amides is 2. The van der Waals surface area contributed by atoms with E-state index in [1.165, 1.54) is 12.1 Å². The summed E-state index contributed by atoms with van der Waals surface area (Å²) in [5, 5.41) is 5.68. The van der Waals surface area contributed by atoms with Gasteiger partial charge >= 0.3 is 0 Å². The maximum absolute atomic E-state index is 14.5. The summed E-state index contributed by atoms with van der Waals surface area (Å²) in [4.78, 5) is 29.0. The molecule has 4 rings (SSSR count). The van der Waals surface area contributed by atoms with Gasteiger partial charge in [-0.05, 0) is 67.8 Å². The van der Waals surface area contributed by atoms with Gasteiger partial charge in [-0.2, -0.15) is 8.42 Å². The summed E-state index contributed by atoms with van der Waals surface area (Å²) in [6.07, 6.45) is 4.34. The molecule has 1 fully saturated rings. The Morgan fingerprint density at radius 1 is 1.08 bits per heavy atom. The Balaban J connectivity index is 0.000000658. The summed E-state index contributed by atoms with van der Waals surface area (Å²) in [5.41, 5.74) is 2.59. The molecule has 3 aromatic rings. The van der Waals surface area contributed by atoms with E-state index >= 15 is 0 Å². The smallest absolute Gasteiger partial charge is 0.261 e. The standard InChI is InChI=1S/C24H22FN3O3.CH4O3S/c1-15-5-6-17(23(29)27-18-8-9-18)13-21(15)28-24(30)16-7-10-22(20(25)12-16)31-14-19-4-2-3-11-26-19;1-5(2,3)4/h2-7,10-13,18H,8-9,14H2,1H3,(H,27,29)(H,28,30);1H3,(H,2,3,4). The highest BCUT2D eigenvalue weighted by molar-refractivity contribution is 7.85. The van der Waals surface area contributed by atoms with Crippen LogP contribution in [0, 0.1) is 12.7 Å². The zero-order valence-electron chi connectivity index (χ0n) is 19.7. The lowest BCUT2D eigenvalue weighted by atomic mass is 10.1. The Kier molecular flexibility index (Phi) is 8.73. The minimum Gasteiger partial charge on any atom is -0.484 e. The molecule has 1 saturated carbocycles. The number of rotatable bonds is 7. The number of ether oxygens (including phenoxy) is 1. The molecule has 1 aliphatic carbocycles. The van der Waals surface area contributed by atoms with Gasteiger partial charge in [-0.3, -0.25) is 19.1 Å². The number of carbonyl (C=O) groups excluding carboxylic acids is 2. The highest BCUT2D eigenvalue weighted by Gasteiger charge is 2.24. The molecule has 36 heavy (non-hydrogen) atoms. The van der Waals surface area contributed by atoms with E-state index in [2.05, 4.69) is 15.6 Å². The molecule has 9 nitrogen and oxygen atoms in total. The van der Waals surface area contributed by atoms with Gasteiger partial charge in [0.25, 0.3) is 21.9 Å². The lowest BCUT2D eigenvalue weighted by molar-refractivity contribution is 0.0949. The number of halogens is 1. The number of nitrogens with zero attached hydrogens (tertiary/aromatic N) is 1. The molecule has 1 aromatic heterocycles. The van der Waals surface area contributed by atoms with Crippen molar-refractivity contribution in [1.82, 2.24) is 10.3 Å². The summed E-state index contributed by atoms with van der Waals surface area (Å²) in [5.74, 6) is -1.24. The number of benzene rings is 2. The molecule has 3 N–H and O–H groups in total. The van der Waals surface area contributed by atoms with Gasteiger partial charge in [-0.1, -0.05) is 12.1 Å². The third-order valence-electron chi connectivity index (χ3n) is 4.96. The van der Waals surface area contributed by atoms with Crippen molar-refractivity contribution < 1.29 is 31.7 Å². The van der Waals surface area contributed by atoms with E-state index < -0.39 is 21.8 Å². The van der Waals surface area contributed by atoms with Crippen LogP contribution in [0.5, 0.6) is 5.75 Å². The molecular weight excluding hydrogens is 489 g/mol. The van der Waals surface area contributed by atoms with Crippen molar-refractivity contribution in [3.8, 4) is 5.75 Å². The Morgan fingerprint density at radius 3 is 2.36 bits per heavy atom. The summed E-state index contributed by atoms with van der Waals surface area (Å²) in [7, 11) is -3.67. The SMILES string of the molecule is CS(=O)(=O)O.Cc1ccc(C(=O)NC2CC2)cc1NC(=O)c1ccc(OCc2ccccn2)c(F)c1. The fourth-order valence-electron chi connectivity index (χ4n) is 2.98. The highest BCUT2D eigenvalue weighted by Crippen LogP contribution is 2.23. The van der Waals surface area contributed by atoms with Crippen LogP contribution in [0.2, 0.25) is 0 Å². The van der Waals surface area contributed by atoms with Gasteiger partial charge in [0.05, 0.1) is 11.9 Å². The topological polar surface area (TPSA) is 135 Å². The van der Waals surface area contributed by atoms with E-state index in [9.17, 15) is 22.4 Å². The fourth-order valence-corrected chi connectivity index (χ4v) is 2.98. The number of aryl methyl sites for hydroxylation is 1. The first-order chi connectivity index (χ1) is 17.0. The Hall–Kier alpha value is -3.83. The summed E-state index contributed by atoms with van der Waals surface area (Å²) >= 11 is 0. The zero-order chi connectivity index (χ0) is 26.3. The first-order valence-electron chi connectivity index (χ1n) is 11.0. The average molecular weight is 516 g/mol. The second-order valence-electron chi connectivity index (χ2n) is 8.22. The molecule has 0 bridgehead atoms. The van der Waals surface area contributed by atoms with E-state index in [0.29, 0.717) is 23.2 Å². The van der Waals surface area contributed by atoms with E-state index in [1.54, 1.807) is 36.5 Å². The molecule has 0 atom stereocenters. The second kappa shape index (κ2) is 11.7. The Bertz CT molecular complexity index is 1340. The van der Waals surface area contributed by atoms with Gasteiger partial charge in [0, 0.05) is 29.1 Å². The molecule has 1 heterocycles. The number of anilines is 1. The number of aromatic nitrogens is 1. The molecule has 190 valence electrons. The molecule has 11 heteroatoms. The number of pyridine rings is 1. The molecule has 0 radical (unpaired) electrons. The number of hydrogen-bond donors (Lipinski definition) is 3. The van der Waals surface area contributed by atoms with Gasteiger partial charge in [0.1, 0.15) is 6.61 Å². The van der Waals surface area contributed by atoms with Crippen LogP contribution in [-0.2, 0) is 16.7 Å². The van der Waals surface area contributed by atoms with Crippen molar-refractivity contribution in [3.63, 3.8) is 0 Å². The monoisotopic (exact) mass is 515 g/mol. The average Bonchev–Trinajstić information content (AvgIpc) is 3.63. The van der Waals surface area contributed by atoms with Crippen molar-refractivity contribution in [3.05, 3.63) is 89.0 Å². The van der Waals surface area contributed by atoms with Crippen LogP contribution in [-0.4, -0.2) is 42.1 Å². The molecular formula is C25H26FN3O6S. The molecule has 1 aliphatic rings. The van der Waals surface area contributed by atoms with E-state index in [4.69, 9.17) is 9.29 Å². The lowest BCUT2D eigenvalue weighted by Crippen LogP contribution is -2.25. The molecule has 2 amide bonds. The minimum absolute atomic E-state index is 0.0390. The largest absolute Gasteiger partial charge is 0.484 e. The van der Waals surface area contributed by atoms with Crippen molar-refractivity contribution >= 4 is 27.6 Å². The van der Waals surface area contributed by atoms with Crippen molar-refractivity contribution in [2.24, 2.45) is 0 Å². The maximum Gasteiger partial charge on any atom is 0.261 e. The minimum atomic E-state index is -3.67. The summed E-state index contributed by atoms with van der Waals surface area (Å²) < 4.78 is 45.8. The van der Waals surface area contributed by atoms with E-state index in [-0.39, 0.29) is 29.9 Å². The molecule has 0 saturated heterocycles. The Morgan fingerprint density at radius 2 is 1.75 bits per heavy atom. The fraction of sp³-hybridized carbons (Fsp3) is 0.240. The van der Waals surface area contributed by atoms with Crippen LogP contribution in [0.1, 0.15) is 44.8 Å². The number of hydrogen-bond acceptors (Lipinski definition) is 6. The lowest BCUT2D eigenvalue weighted by Gasteiger charge is -2.12. The molecule has 2 aromatic carbocycles. The second-order valence-corrected chi connectivity index (χ2v) is 9.69. The molecule has 0 aliphatic heterocycles. The van der Waals surface area contributed by atoms with E-state index in [1.807, 2.05) is 13.0 Å². The van der Waals surface area contributed by atoms with Crippen molar-refractivity contribution in [1.29, 1.82) is 0 Å². The molecule has 0 unspecified atom stereocenters. The van der Waals surface area contributed by atoms with Crippen LogP contribution in [0.4, 0.5) is 10.1 Å². The predicted octanol–water partition coefficient (Wildman–Crippen LogP) is 3.76. The third kappa shape index (κ3) is 8.75.